The van der Waals surface area contributed by atoms with Crippen molar-refractivity contribution >= 4 is 19.0 Å². The van der Waals surface area contributed by atoms with Crippen LogP contribution in [0.3, 0.4) is 0 Å². The summed E-state index contributed by atoms with van der Waals surface area (Å²) >= 11 is 0. The number of aliphatic carboxylic acids is 1. The number of hydrogen-bond acceptors (Lipinski definition) is 6. The molecule has 0 fully saturated rings. The van der Waals surface area contributed by atoms with E-state index in [1.807, 2.05) is 0 Å². The summed E-state index contributed by atoms with van der Waals surface area (Å²) in [7, 11) is -2.68. The molecule has 4 N–H and O–H groups in total. The summed E-state index contributed by atoms with van der Waals surface area (Å²) in [5.74, 6) is -5.14. The summed E-state index contributed by atoms with van der Waals surface area (Å²) in [6, 6.07) is 0. The first-order chi connectivity index (χ1) is 8.98. The molecule has 0 aliphatic rings. The topological polar surface area (TPSA) is 127 Å². The zero-order chi connectivity index (χ0) is 16.1. The average Bonchev–Trinajstić information content (AvgIpc) is 2.26. The number of rotatable bonds is 8. The molecule has 0 radical (unpaired) electrons. The lowest BCUT2D eigenvalue weighted by Gasteiger charge is -2.23. The van der Waals surface area contributed by atoms with Gasteiger partial charge in [-0.15, -0.1) is 0 Å². The number of aliphatic hydroxyl groups is 1. The fraction of sp³-hybridized carbons (Fsp3) is 0.818. The highest BCUT2D eigenvalue weighted by molar-refractivity contribution is 7.62. The minimum atomic E-state index is -2.68. The molecule has 0 bridgehead atoms. The van der Waals surface area contributed by atoms with Gasteiger partial charge in [0.15, 0.2) is 0 Å². The number of nitrogens with one attached hydrogen (secondary N) is 1. The molecule has 0 aliphatic carbocycles. The van der Waals surface area contributed by atoms with Crippen LogP contribution in [-0.2, 0) is 14.2 Å². The third-order valence-electron chi connectivity index (χ3n) is 2.76. The van der Waals surface area contributed by atoms with Gasteiger partial charge in [0.05, 0.1) is 6.67 Å². The van der Waals surface area contributed by atoms with Gasteiger partial charge in [-0.05, 0) is 19.2 Å². The maximum absolute atomic E-state index is 11.7. The number of carbonyl (C=O) groups is 2. The Kier molecular flexibility index (Phi) is 7.37. The molecule has 0 heterocycles. The minimum absolute atomic E-state index is 0.0754. The smallest absolute Gasteiger partial charge is 0.316 e. The molecule has 0 aromatic rings. The minimum Gasteiger partial charge on any atom is -0.481 e. The number of hydrogen-bond donors (Lipinski definition) is 4. The molecular formula is C11H23N2O6P. The first-order valence-electron chi connectivity index (χ1n) is 6.15. The van der Waals surface area contributed by atoms with Gasteiger partial charge in [-0.2, -0.15) is 0 Å². The van der Waals surface area contributed by atoms with E-state index in [1.54, 1.807) is 13.8 Å². The van der Waals surface area contributed by atoms with Gasteiger partial charge in [0, 0.05) is 6.54 Å². The van der Waals surface area contributed by atoms with Gasteiger partial charge in [-0.25, -0.2) is 5.06 Å². The van der Waals surface area contributed by atoms with Crippen molar-refractivity contribution in [3.63, 3.8) is 0 Å². The van der Waals surface area contributed by atoms with E-state index in [-0.39, 0.29) is 18.3 Å². The maximum atomic E-state index is 11.7. The van der Waals surface area contributed by atoms with Crippen molar-refractivity contribution in [3.8, 4) is 0 Å². The quantitative estimate of drug-likeness (QED) is 0.164. The van der Waals surface area contributed by atoms with E-state index in [9.17, 15) is 24.5 Å². The van der Waals surface area contributed by atoms with Crippen molar-refractivity contribution in [2.45, 2.75) is 19.7 Å². The van der Waals surface area contributed by atoms with Crippen molar-refractivity contribution in [1.29, 1.82) is 0 Å². The molecule has 0 saturated carbocycles. The predicted octanol–water partition coefficient (Wildman–Crippen LogP) is 0.0492. The van der Waals surface area contributed by atoms with Crippen LogP contribution in [0.2, 0.25) is 0 Å². The van der Waals surface area contributed by atoms with Gasteiger partial charge in [0.2, 0.25) is 0 Å². The second kappa shape index (κ2) is 7.73. The number of carbonyl (C=O) groups excluding carboxylic acids is 1. The molecule has 8 nitrogen and oxygen atoms in total. The largest absolute Gasteiger partial charge is 0.481 e. The van der Waals surface area contributed by atoms with Crippen molar-refractivity contribution < 1.29 is 29.6 Å². The second-order valence-corrected chi connectivity index (χ2v) is 8.79. The standard InChI is InChI=1S/C11H23N2O6P/c1-7(2)9(11(16)17)10(15)13(18)6-12-5-8(14)20(3,4)19/h7-9,12,14,18H,5-6H2,1-4H3,(H,16,17). The van der Waals surface area contributed by atoms with Crippen molar-refractivity contribution in [1.82, 2.24) is 10.4 Å². The van der Waals surface area contributed by atoms with Crippen LogP contribution >= 0.6 is 7.14 Å². The van der Waals surface area contributed by atoms with Gasteiger partial charge in [0.1, 0.15) is 18.9 Å². The van der Waals surface area contributed by atoms with E-state index in [4.69, 9.17) is 5.11 Å². The SMILES string of the molecule is CC(C)C(C(=O)O)C(=O)N(O)CNCC(O)P(C)(C)=O. The number of hydroxylamine groups is 2. The Balaban J connectivity index is 4.41. The summed E-state index contributed by atoms with van der Waals surface area (Å²) in [5, 5.41) is 30.8. The molecule has 0 aromatic heterocycles. The molecule has 9 heteroatoms. The Bertz CT molecular complexity index is 394. The molecule has 0 aliphatic heterocycles. The molecule has 0 rings (SSSR count). The summed E-state index contributed by atoms with van der Waals surface area (Å²) < 4.78 is 11.5. The first kappa shape index (κ1) is 19.1. The van der Waals surface area contributed by atoms with E-state index in [1.165, 1.54) is 13.3 Å². The molecule has 2 atom stereocenters. The fourth-order valence-electron chi connectivity index (χ4n) is 1.43. The highest BCUT2D eigenvalue weighted by atomic mass is 31.2. The molecular weight excluding hydrogens is 287 g/mol. The Morgan fingerprint density at radius 2 is 1.80 bits per heavy atom. The average molecular weight is 310 g/mol. The lowest BCUT2D eigenvalue weighted by molar-refractivity contribution is -0.178. The van der Waals surface area contributed by atoms with Crippen molar-refractivity contribution in [2.75, 3.05) is 26.5 Å². The van der Waals surface area contributed by atoms with E-state index >= 15 is 0 Å². The van der Waals surface area contributed by atoms with E-state index < -0.39 is 36.7 Å². The Morgan fingerprint density at radius 3 is 2.15 bits per heavy atom. The molecule has 20 heavy (non-hydrogen) atoms. The van der Waals surface area contributed by atoms with Crippen LogP contribution in [0.1, 0.15) is 13.8 Å². The van der Waals surface area contributed by atoms with Crippen LogP contribution in [-0.4, -0.2) is 64.7 Å². The number of nitrogens with zero attached hydrogens (tertiary/aromatic N) is 1. The lowest BCUT2D eigenvalue weighted by Crippen LogP contribution is -2.45. The Labute approximate surface area is 118 Å². The third kappa shape index (κ3) is 6.00. The molecule has 0 aromatic carbocycles. The molecule has 118 valence electrons. The molecule has 1 amide bonds. The number of carboxylic acid groups (broad SMARTS) is 1. The maximum Gasteiger partial charge on any atom is 0.316 e. The summed E-state index contributed by atoms with van der Waals surface area (Å²) in [5.41, 5.74) is 0. The van der Waals surface area contributed by atoms with Crippen molar-refractivity contribution in [2.24, 2.45) is 11.8 Å². The zero-order valence-corrected chi connectivity index (χ0v) is 13.0. The second-order valence-electron chi connectivity index (χ2n) is 5.32. The summed E-state index contributed by atoms with van der Waals surface area (Å²) in [6.07, 6.45) is 0. The van der Waals surface area contributed by atoms with Gasteiger partial charge >= 0.3 is 5.97 Å². The zero-order valence-electron chi connectivity index (χ0n) is 12.1. The summed E-state index contributed by atoms with van der Waals surface area (Å²) in [4.78, 5) is 22.7. The molecule has 0 saturated heterocycles. The highest BCUT2D eigenvalue weighted by Crippen LogP contribution is 2.40. The third-order valence-corrected chi connectivity index (χ3v) is 4.38. The van der Waals surface area contributed by atoms with Crippen LogP contribution < -0.4 is 5.32 Å². The van der Waals surface area contributed by atoms with Gasteiger partial charge in [0.25, 0.3) is 5.91 Å². The fourth-order valence-corrected chi connectivity index (χ4v) is 2.00. The number of aliphatic hydroxyl groups excluding tert-OH is 1. The van der Waals surface area contributed by atoms with E-state index in [0.717, 1.165) is 0 Å². The number of carboxylic acids is 1. The lowest BCUT2D eigenvalue weighted by atomic mass is 9.95. The van der Waals surface area contributed by atoms with Crippen molar-refractivity contribution in [3.05, 3.63) is 0 Å². The van der Waals surface area contributed by atoms with Gasteiger partial charge in [-0.1, -0.05) is 13.8 Å². The van der Waals surface area contributed by atoms with Crippen LogP contribution in [0.5, 0.6) is 0 Å². The molecule has 0 spiro atoms. The first-order valence-corrected chi connectivity index (χ1v) is 8.82. The van der Waals surface area contributed by atoms with Crippen LogP contribution in [0, 0.1) is 11.8 Å². The van der Waals surface area contributed by atoms with Gasteiger partial charge < -0.3 is 14.8 Å². The van der Waals surface area contributed by atoms with Crippen LogP contribution in [0.25, 0.3) is 0 Å². The monoisotopic (exact) mass is 310 g/mol. The Morgan fingerprint density at radius 1 is 1.30 bits per heavy atom. The summed E-state index contributed by atoms with van der Waals surface area (Å²) in [6.45, 7) is 5.53. The number of amides is 1. The predicted molar refractivity (Wildman–Crippen MR) is 72.9 cm³/mol. The highest BCUT2D eigenvalue weighted by Gasteiger charge is 2.33. The Hall–Kier alpha value is -0.950. The normalized spacial score (nSPS) is 14.9. The van der Waals surface area contributed by atoms with Crippen LogP contribution in [0.15, 0.2) is 0 Å². The van der Waals surface area contributed by atoms with Crippen LogP contribution in [0.4, 0.5) is 0 Å². The van der Waals surface area contributed by atoms with E-state index in [0.29, 0.717) is 0 Å². The van der Waals surface area contributed by atoms with Gasteiger partial charge in [-0.3, -0.25) is 20.1 Å². The van der Waals surface area contributed by atoms with E-state index in [2.05, 4.69) is 5.32 Å². The molecule has 2 unspecified atom stereocenters.